The average Bonchev–Trinajstić information content (AvgIpc) is 3.79. The number of esters is 2. The van der Waals surface area contributed by atoms with Gasteiger partial charge in [-0.3, -0.25) is 0 Å². The zero-order valence-corrected chi connectivity index (χ0v) is 22.8. The smallest absolute Gasteiger partial charge is 0.331 e. The number of carbonyl (C=O) groups is 2. The topological polar surface area (TPSA) is 137 Å². The van der Waals surface area contributed by atoms with E-state index in [1.54, 1.807) is 32.1 Å². The van der Waals surface area contributed by atoms with Gasteiger partial charge in [-0.1, -0.05) is 25.2 Å². The van der Waals surface area contributed by atoms with Crippen LogP contribution < -0.4 is 0 Å². The van der Waals surface area contributed by atoms with E-state index in [1.165, 1.54) is 12.2 Å². The lowest BCUT2D eigenvalue weighted by Crippen LogP contribution is -2.69. The van der Waals surface area contributed by atoms with E-state index in [4.69, 9.17) is 28.4 Å². The number of allylic oxidation sites excluding steroid dienone is 2. The lowest BCUT2D eigenvalue weighted by atomic mass is 9.50. The molecule has 4 aliphatic heterocycles. The number of hydrogen-bond donors (Lipinski definition) is 2. The highest BCUT2D eigenvalue weighted by Gasteiger charge is 2.86. The van der Waals surface area contributed by atoms with Crippen molar-refractivity contribution in [2.45, 2.75) is 101 Å². The van der Waals surface area contributed by atoms with Crippen molar-refractivity contribution in [2.24, 2.45) is 10.8 Å². The fourth-order valence-corrected chi connectivity index (χ4v) is 7.55. The average molecular weight is 547 g/mol. The van der Waals surface area contributed by atoms with Gasteiger partial charge in [0.25, 0.3) is 0 Å². The number of aliphatic hydroxyl groups excluding tert-OH is 2. The van der Waals surface area contributed by atoms with Crippen molar-refractivity contribution in [3.8, 4) is 0 Å². The second kappa shape index (κ2) is 9.22. The van der Waals surface area contributed by atoms with Gasteiger partial charge in [0.15, 0.2) is 0 Å². The molecule has 0 aromatic heterocycles. The molecule has 10 heteroatoms. The number of hydrogen-bond acceptors (Lipinski definition) is 10. The predicted octanol–water partition coefficient (Wildman–Crippen LogP) is 1.52. The lowest BCUT2D eigenvalue weighted by Gasteiger charge is -2.58. The van der Waals surface area contributed by atoms with Crippen LogP contribution in [0.1, 0.15) is 47.0 Å². The Balaban J connectivity index is 1.37. The number of rotatable bonds is 1. The van der Waals surface area contributed by atoms with Crippen LogP contribution in [0.5, 0.6) is 0 Å². The van der Waals surface area contributed by atoms with Crippen LogP contribution in [0, 0.1) is 10.8 Å². The highest BCUT2D eigenvalue weighted by atomic mass is 16.7. The van der Waals surface area contributed by atoms with Crippen molar-refractivity contribution >= 4 is 11.9 Å². The zero-order valence-electron chi connectivity index (χ0n) is 22.8. The van der Waals surface area contributed by atoms with Crippen LogP contribution in [-0.4, -0.2) is 95.9 Å². The molecule has 0 aromatic rings. The van der Waals surface area contributed by atoms with E-state index in [9.17, 15) is 19.8 Å². The fraction of sp³-hybridized carbons (Fsp3) is 0.724. The molecule has 2 aliphatic carbocycles. The molecule has 2 bridgehead atoms. The predicted molar refractivity (Wildman–Crippen MR) is 135 cm³/mol. The third kappa shape index (κ3) is 4.06. The molecule has 6 rings (SSSR count). The Morgan fingerprint density at radius 1 is 1.05 bits per heavy atom. The van der Waals surface area contributed by atoms with E-state index in [2.05, 4.69) is 13.8 Å². The summed E-state index contributed by atoms with van der Waals surface area (Å²) < 4.78 is 36.7. The molecule has 11 unspecified atom stereocenters. The van der Waals surface area contributed by atoms with Gasteiger partial charge in [0, 0.05) is 24.0 Å². The van der Waals surface area contributed by atoms with E-state index in [0.717, 1.165) is 6.42 Å². The molecule has 11 atom stereocenters. The molecule has 0 amide bonds. The van der Waals surface area contributed by atoms with E-state index in [-0.39, 0.29) is 37.1 Å². The highest BCUT2D eigenvalue weighted by Crippen LogP contribution is 2.75. The molecular weight excluding hydrogens is 508 g/mol. The van der Waals surface area contributed by atoms with Gasteiger partial charge in [-0.2, -0.15) is 0 Å². The van der Waals surface area contributed by atoms with Crippen LogP contribution in [-0.2, 0) is 38.0 Å². The lowest BCUT2D eigenvalue weighted by molar-refractivity contribution is -0.250. The molecule has 2 N–H and O–H groups in total. The molecule has 10 nitrogen and oxygen atoms in total. The fourth-order valence-electron chi connectivity index (χ4n) is 7.55. The maximum Gasteiger partial charge on any atom is 0.331 e. The second-order valence-electron chi connectivity index (χ2n) is 12.4. The van der Waals surface area contributed by atoms with Crippen LogP contribution in [0.4, 0.5) is 0 Å². The van der Waals surface area contributed by atoms with Crippen molar-refractivity contribution in [3.63, 3.8) is 0 Å². The molecule has 5 fully saturated rings. The van der Waals surface area contributed by atoms with Gasteiger partial charge in [0.05, 0.1) is 48.6 Å². The summed E-state index contributed by atoms with van der Waals surface area (Å²) in [5, 5.41) is 20.6. The molecule has 39 heavy (non-hydrogen) atoms. The zero-order chi connectivity index (χ0) is 27.8. The summed E-state index contributed by atoms with van der Waals surface area (Å²) in [5.74, 6) is -1.10. The first-order valence-electron chi connectivity index (χ1n) is 13.8. The highest BCUT2D eigenvalue weighted by molar-refractivity contribution is 5.83. The van der Waals surface area contributed by atoms with Gasteiger partial charge in [-0.05, 0) is 39.2 Å². The molecule has 2 spiro atoms. The van der Waals surface area contributed by atoms with Gasteiger partial charge in [0.2, 0.25) is 0 Å². The third-order valence-electron chi connectivity index (χ3n) is 10.3. The van der Waals surface area contributed by atoms with E-state index < -0.39 is 52.8 Å². The van der Waals surface area contributed by atoms with Gasteiger partial charge < -0.3 is 38.6 Å². The minimum atomic E-state index is -1.07. The summed E-state index contributed by atoms with van der Waals surface area (Å²) in [4.78, 5) is 26.0. The Morgan fingerprint density at radius 3 is 2.54 bits per heavy atom. The molecule has 214 valence electrons. The minimum absolute atomic E-state index is 0.0356. The first-order chi connectivity index (χ1) is 18.5. The van der Waals surface area contributed by atoms with Crippen molar-refractivity contribution in [3.05, 3.63) is 36.0 Å². The Labute approximate surface area is 227 Å². The van der Waals surface area contributed by atoms with Crippen LogP contribution >= 0.6 is 0 Å². The van der Waals surface area contributed by atoms with E-state index in [0.29, 0.717) is 25.0 Å². The van der Waals surface area contributed by atoms with Crippen LogP contribution in [0.25, 0.3) is 0 Å². The van der Waals surface area contributed by atoms with E-state index in [1.807, 2.05) is 0 Å². The maximum absolute atomic E-state index is 13.0. The first kappa shape index (κ1) is 27.1. The summed E-state index contributed by atoms with van der Waals surface area (Å²) in [6.45, 7) is 7.74. The number of cyclic esters (lactones) is 1. The number of carbonyl (C=O) groups excluding carboxylic acids is 2. The Kier molecular flexibility index (Phi) is 6.41. The molecular formula is C29H38O10. The normalized spacial score (nSPS) is 52.2. The summed E-state index contributed by atoms with van der Waals surface area (Å²) in [7, 11) is 0. The molecule has 0 aromatic carbocycles. The standard InChI is InChI=1S/C29H38O10/c1-16-11-23(33)35-14-28-10-9-26(3)24(39-26)25(28)38-21-12-20(27(28,4)29(21)15-36-29)37-22(32)8-6-5-7-19(17(2)30)34-13-18(16)31/h5-8,11,17-21,24-25,30-31H,9-10,12-15H2,1-4H3/b7-5?,8-6+,16-11+. The van der Waals surface area contributed by atoms with Gasteiger partial charge >= 0.3 is 11.9 Å². The molecule has 6 aliphatic rings. The summed E-state index contributed by atoms with van der Waals surface area (Å²) in [5.41, 5.74) is -1.91. The largest absolute Gasteiger partial charge is 0.462 e. The van der Waals surface area contributed by atoms with Crippen molar-refractivity contribution in [1.29, 1.82) is 0 Å². The van der Waals surface area contributed by atoms with Crippen LogP contribution in [0.3, 0.4) is 0 Å². The van der Waals surface area contributed by atoms with Gasteiger partial charge in [-0.25, -0.2) is 9.59 Å². The van der Waals surface area contributed by atoms with Gasteiger partial charge in [0.1, 0.15) is 30.5 Å². The van der Waals surface area contributed by atoms with Gasteiger partial charge in [-0.15, -0.1) is 0 Å². The third-order valence-corrected chi connectivity index (χ3v) is 10.3. The summed E-state index contributed by atoms with van der Waals surface area (Å²) >= 11 is 0. The van der Waals surface area contributed by atoms with Crippen molar-refractivity contribution in [2.75, 3.05) is 19.8 Å². The van der Waals surface area contributed by atoms with Crippen molar-refractivity contribution in [1.82, 2.24) is 0 Å². The second-order valence-corrected chi connectivity index (χ2v) is 12.4. The minimum Gasteiger partial charge on any atom is -0.462 e. The molecule has 3 saturated heterocycles. The monoisotopic (exact) mass is 546 g/mol. The quantitative estimate of drug-likeness (QED) is 0.368. The Hall–Kier alpha value is -2.08. The first-order valence-corrected chi connectivity index (χ1v) is 13.8. The Morgan fingerprint density at radius 2 is 1.82 bits per heavy atom. The summed E-state index contributed by atoms with van der Waals surface area (Å²) in [6, 6.07) is 0. The molecule has 0 radical (unpaired) electrons. The van der Waals surface area contributed by atoms with Crippen LogP contribution in [0.2, 0.25) is 0 Å². The van der Waals surface area contributed by atoms with E-state index >= 15 is 0 Å². The number of epoxide rings is 2. The SMILES string of the molecule is C/C1=C\C(=O)OCC23CCC4(C)OC4C2OC2CC(OC(=O)/C=C/C=CC(C(C)O)OCC1O)C3(C)C21CO1. The number of fused-ring (bicyclic) bond motifs is 2. The molecule has 4 heterocycles. The number of aliphatic hydroxyl groups is 2. The maximum atomic E-state index is 13.0. The van der Waals surface area contributed by atoms with Crippen molar-refractivity contribution < 1.29 is 48.2 Å². The number of ether oxygens (including phenoxy) is 6. The molecule has 2 saturated carbocycles. The van der Waals surface area contributed by atoms with Crippen LogP contribution in [0.15, 0.2) is 36.0 Å². The Bertz CT molecular complexity index is 1120. The summed E-state index contributed by atoms with van der Waals surface area (Å²) in [6.07, 6.45) is 5.28.